The number of hydrogen-bond donors (Lipinski definition) is 2. The van der Waals surface area contributed by atoms with E-state index < -0.39 is 11.9 Å². The van der Waals surface area contributed by atoms with Gasteiger partial charge in [0.2, 0.25) is 0 Å². The monoisotopic (exact) mass is 337 g/mol. The van der Waals surface area contributed by atoms with Crippen LogP contribution < -0.4 is 15.4 Å². The minimum atomic E-state index is -0.528. The summed E-state index contributed by atoms with van der Waals surface area (Å²) in [5, 5.41) is 8.32. The number of nitrogens with one attached hydrogen (secondary N) is 2. The molecule has 0 bridgehead atoms. The van der Waals surface area contributed by atoms with Gasteiger partial charge < -0.3 is 15.4 Å². The number of rotatable bonds is 6. The van der Waals surface area contributed by atoms with Gasteiger partial charge in [-0.25, -0.2) is 14.2 Å². The molecule has 1 aromatic carbocycles. The summed E-state index contributed by atoms with van der Waals surface area (Å²) in [7, 11) is 1.47. The first-order valence-electron chi connectivity index (χ1n) is 7.35. The van der Waals surface area contributed by atoms with Gasteiger partial charge in [0.05, 0.1) is 24.8 Å². The van der Waals surface area contributed by atoms with E-state index in [-0.39, 0.29) is 12.1 Å². The smallest absolute Gasteiger partial charge is 0.315 e. The minimum absolute atomic E-state index is 0.162. The standard InChI is InChI=1S/C16H20FN3O2S/c1-4-12(15-18-8-9-23-15)20-16(21)19-10(2)14-11(17)6-5-7-13(14)22-3/h5-10,12H,4H2,1-3H3,(H2,19,20,21)/t10-,12+/m0/s1. The van der Waals surface area contributed by atoms with Crippen molar-refractivity contribution in [2.45, 2.75) is 32.4 Å². The van der Waals surface area contributed by atoms with E-state index >= 15 is 0 Å². The van der Waals surface area contributed by atoms with E-state index in [0.29, 0.717) is 11.3 Å². The Labute approximate surface area is 138 Å². The molecule has 7 heteroatoms. The maximum atomic E-state index is 14.0. The molecule has 0 saturated heterocycles. The average molecular weight is 337 g/mol. The topological polar surface area (TPSA) is 63.2 Å². The predicted octanol–water partition coefficient (Wildman–Crippen LogP) is 3.80. The lowest BCUT2D eigenvalue weighted by molar-refractivity contribution is 0.233. The molecule has 0 fully saturated rings. The Bertz CT molecular complexity index is 649. The molecular weight excluding hydrogens is 317 g/mol. The molecule has 0 aliphatic carbocycles. The molecule has 2 aromatic rings. The molecule has 0 spiro atoms. The third-order valence-electron chi connectivity index (χ3n) is 3.48. The van der Waals surface area contributed by atoms with Crippen molar-refractivity contribution in [2.24, 2.45) is 0 Å². The van der Waals surface area contributed by atoms with Crippen LogP contribution in [0.4, 0.5) is 9.18 Å². The van der Waals surface area contributed by atoms with Crippen molar-refractivity contribution < 1.29 is 13.9 Å². The van der Waals surface area contributed by atoms with Gasteiger partial charge >= 0.3 is 6.03 Å². The van der Waals surface area contributed by atoms with Crippen LogP contribution in [0.5, 0.6) is 5.75 Å². The lowest BCUT2D eigenvalue weighted by Gasteiger charge is -2.20. The number of hydrogen-bond acceptors (Lipinski definition) is 4. The number of carbonyl (C=O) groups is 1. The Kier molecular flexibility index (Phi) is 5.92. The van der Waals surface area contributed by atoms with E-state index in [2.05, 4.69) is 15.6 Å². The normalized spacial score (nSPS) is 13.2. The number of amides is 2. The second-order valence-electron chi connectivity index (χ2n) is 5.03. The minimum Gasteiger partial charge on any atom is -0.496 e. The fourth-order valence-electron chi connectivity index (χ4n) is 2.33. The summed E-state index contributed by atoms with van der Waals surface area (Å²) in [6.07, 6.45) is 2.42. The van der Waals surface area contributed by atoms with E-state index in [4.69, 9.17) is 4.74 Å². The zero-order valence-corrected chi connectivity index (χ0v) is 14.1. The zero-order chi connectivity index (χ0) is 16.8. The van der Waals surface area contributed by atoms with E-state index in [1.807, 2.05) is 12.3 Å². The van der Waals surface area contributed by atoms with Gasteiger partial charge in [0.25, 0.3) is 0 Å². The maximum Gasteiger partial charge on any atom is 0.315 e. The van der Waals surface area contributed by atoms with Crippen LogP contribution in [-0.4, -0.2) is 18.1 Å². The zero-order valence-electron chi connectivity index (χ0n) is 13.3. The molecule has 2 rings (SSSR count). The highest BCUT2D eigenvalue weighted by molar-refractivity contribution is 7.09. The highest BCUT2D eigenvalue weighted by atomic mass is 32.1. The average Bonchev–Trinajstić information content (AvgIpc) is 3.06. The summed E-state index contributed by atoms with van der Waals surface area (Å²) in [6, 6.07) is 3.52. The molecule has 124 valence electrons. The lowest BCUT2D eigenvalue weighted by Crippen LogP contribution is -2.39. The largest absolute Gasteiger partial charge is 0.496 e. The first kappa shape index (κ1) is 17.2. The predicted molar refractivity (Wildman–Crippen MR) is 88.2 cm³/mol. The van der Waals surface area contributed by atoms with Crippen molar-refractivity contribution in [3.05, 3.63) is 46.2 Å². The molecule has 23 heavy (non-hydrogen) atoms. The maximum absolute atomic E-state index is 14.0. The number of thiazole rings is 1. The second-order valence-corrected chi connectivity index (χ2v) is 5.95. The number of aromatic nitrogens is 1. The number of halogens is 1. The van der Waals surface area contributed by atoms with Gasteiger partial charge in [-0.3, -0.25) is 0 Å². The Hall–Kier alpha value is -2.15. The summed E-state index contributed by atoms with van der Waals surface area (Å²) < 4.78 is 19.2. The Morgan fingerprint density at radius 1 is 1.43 bits per heavy atom. The number of benzene rings is 1. The molecule has 2 atom stereocenters. The third-order valence-corrected chi connectivity index (χ3v) is 4.37. The van der Waals surface area contributed by atoms with Crippen LogP contribution in [0.2, 0.25) is 0 Å². The summed E-state index contributed by atoms with van der Waals surface area (Å²) in [6.45, 7) is 3.68. The van der Waals surface area contributed by atoms with Gasteiger partial charge in [-0.1, -0.05) is 13.0 Å². The van der Waals surface area contributed by atoms with Crippen LogP contribution in [0.25, 0.3) is 0 Å². The van der Waals surface area contributed by atoms with Crippen molar-refractivity contribution in [1.29, 1.82) is 0 Å². The van der Waals surface area contributed by atoms with Gasteiger partial charge in [-0.05, 0) is 25.5 Å². The molecule has 0 aliphatic heterocycles. The van der Waals surface area contributed by atoms with Gasteiger partial charge in [0.1, 0.15) is 16.6 Å². The Morgan fingerprint density at radius 2 is 2.22 bits per heavy atom. The molecule has 0 saturated carbocycles. The molecule has 0 radical (unpaired) electrons. The molecular formula is C16H20FN3O2S. The summed E-state index contributed by atoms with van der Waals surface area (Å²) in [4.78, 5) is 16.4. The van der Waals surface area contributed by atoms with Crippen molar-refractivity contribution in [1.82, 2.24) is 15.6 Å². The van der Waals surface area contributed by atoms with Crippen LogP contribution in [0, 0.1) is 5.82 Å². The lowest BCUT2D eigenvalue weighted by atomic mass is 10.1. The van der Waals surface area contributed by atoms with Gasteiger partial charge in [0, 0.05) is 11.6 Å². The number of nitrogens with zero attached hydrogens (tertiary/aromatic N) is 1. The van der Waals surface area contributed by atoms with Crippen molar-refractivity contribution >= 4 is 17.4 Å². The highest BCUT2D eigenvalue weighted by Gasteiger charge is 2.20. The first-order valence-corrected chi connectivity index (χ1v) is 8.23. The fourth-order valence-corrected chi connectivity index (χ4v) is 3.10. The molecule has 0 aliphatic rings. The van der Waals surface area contributed by atoms with Gasteiger partial charge in [-0.2, -0.15) is 0 Å². The molecule has 1 aromatic heterocycles. The van der Waals surface area contributed by atoms with Gasteiger partial charge in [0.15, 0.2) is 0 Å². The second kappa shape index (κ2) is 7.92. The number of ether oxygens (including phenoxy) is 1. The van der Waals surface area contributed by atoms with Crippen LogP contribution in [0.1, 0.15) is 42.9 Å². The van der Waals surface area contributed by atoms with Crippen LogP contribution >= 0.6 is 11.3 Å². The summed E-state index contributed by atoms with van der Waals surface area (Å²) in [5.74, 6) is -0.00567. The molecule has 0 unspecified atom stereocenters. The number of carbonyl (C=O) groups excluding carboxylic acids is 1. The van der Waals surface area contributed by atoms with Gasteiger partial charge in [-0.15, -0.1) is 11.3 Å². The Morgan fingerprint density at radius 3 is 2.83 bits per heavy atom. The van der Waals surface area contributed by atoms with E-state index in [1.54, 1.807) is 25.3 Å². The summed E-state index contributed by atoms with van der Waals surface area (Å²) >= 11 is 1.49. The van der Waals surface area contributed by atoms with E-state index in [9.17, 15) is 9.18 Å². The summed E-state index contributed by atoms with van der Waals surface area (Å²) in [5.41, 5.74) is 0.326. The quantitative estimate of drug-likeness (QED) is 0.843. The van der Waals surface area contributed by atoms with Crippen molar-refractivity contribution in [2.75, 3.05) is 7.11 Å². The number of urea groups is 1. The molecule has 2 N–H and O–H groups in total. The first-order chi connectivity index (χ1) is 11.1. The Balaban J connectivity index is 2.05. The third kappa shape index (κ3) is 4.19. The van der Waals surface area contributed by atoms with Crippen LogP contribution in [0.3, 0.4) is 0 Å². The molecule has 5 nitrogen and oxygen atoms in total. The fraction of sp³-hybridized carbons (Fsp3) is 0.375. The highest BCUT2D eigenvalue weighted by Crippen LogP contribution is 2.27. The molecule has 2 amide bonds. The van der Waals surface area contributed by atoms with E-state index in [1.165, 1.54) is 24.5 Å². The SMILES string of the molecule is CC[C@@H](NC(=O)N[C@@H](C)c1c(F)cccc1OC)c1nccs1. The van der Waals surface area contributed by atoms with Crippen molar-refractivity contribution in [3.8, 4) is 5.75 Å². The molecule has 1 heterocycles. The van der Waals surface area contributed by atoms with Crippen LogP contribution in [-0.2, 0) is 0 Å². The number of methoxy groups -OCH3 is 1. The van der Waals surface area contributed by atoms with Crippen LogP contribution in [0.15, 0.2) is 29.8 Å². The van der Waals surface area contributed by atoms with E-state index in [0.717, 1.165) is 11.4 Å². The van der Waals surface area contributed by atoms with Crippen molar-refractivity contribution in [3.63, 3.8) is 0 Å².